The third-order valence-corrected chi connectivity index (χ3v) is 5.13. The molecule has 0 fully saturated rings. The number of ether oxygens (including phenoxy) is 2. The van der Waals surface area contributed by atoms with Crippen molar-refractivity contribution >= 4 is 5.96 Å². The molecule has 2 aliphatic heterocycles. The van der Waals surface area contributed by atoms with Gasteiger partial charge in [-0.25, -0.2) is 4.99 Å². The Morgan fingerprint density at radius 1 is 1.07 bits per heavy atom. The molecule has 6 nitrogen and oxygen atoms in total. The van der Waals surface area contributed by atoms with Gasteiger partial charge in [0.05, 0.1) is 6.54 Å². The van der Waals surface area contributed by atoms with E-state index in [-0.39, 0.29) is 0 Å². The lowest BCUT2D eigenvalue weighted by atomic mass is 10.00. The van der Waals surface area contributed by atoms with Crippen LogP contribution in [-0.4, -0.2) is 43.8 Å². The maximum Gasteiger partial charge on any atom is 0.231 e. The summed E-state index contributed by atoms with van der Waals surface area (Å²) in [6.45, 7) is 7.84. The Morgan fingerprint density at radius 2 is 1.93 bits per heavy atom. The van der Waals surface area contributed by atoms with Crippen LogP contribution in [0.15, 0.2) is 47.5 Å². The van der Waals surface area contributed by atoms with Gasteiger partial charge in [-0.05, 0) is 42.2 Å². The van der Waals surface area contributed by atoms with E-state index in [0.717, 1.165) is 62.2 Å². The van der Waals surface area contributed by atoms with Gasteiger partial charge in [-0.2, -0.15) is 0 Å². The fourth-order valence-electron chi connectivity index (χ4n) is 3.63. The molecular formula is C22H28N4O2. The minimum Gasteiger partial charge on any atom is -0.454 e. The quantitative estimate of drug-likeness (QED) is 0.596. The Bertz CT molecular complexity index is 837. The van der Waals surface area contributed by atoms with Gasteiger partial charge in [0.1, 0.15) is 0 Å². The number of fused-ring (bicyclic) bond motifs is 2. The van der Waals surface area contributed by atoms with Crippen LogP contribution in [-0.2, 0) is 19.5 Å². The highest BCUT2D eigenvalue weighted by Crippen LogP contribution is 2.32. The summed E-state index contributed by atoms with van der Waals surface area (Å²) < 4.78 is 10.8. The molecule has 0 radical (unpaired) electrons. The number of aliphatic imine (C=N–C) groups is 1. The van der Waals surface area contributed by atoms with Crippen molar-refractivity contribution in [1.82, 2.24) is 15.5 Å². The predicted molar refractivity (Wildman–Crippen MR) is 111 cm³/mol. The SMILES string of the molecule is CCNC(=NCc1ccc2c(c1)OCO2)NCCN1CCc2ccccc2C1. The van der Waals surface area contributed by atoms with Crippen LogP contribution >= 0.6 is 0 Å². The van der Waals surface area contributed by atoms with Crippen molar-refractivity contribution in [1.29, 1.82) is 0 Å². The molecule has 0 aromatic heterocycles. The number of nitrogens with one attached hydrogen (secondary N) is 2. The molecule has 2 heterocycles. The van der Waals surface area contributed by atoms with Crippen molar-refractivity contribution < 1.29 is 9.47 Å². The standard InChI is InChI=1S/C22H28N4O2/c1-2-23-22(25-14-17-7-8-20-21(13-17)28-16-27-20)24-10-12-26-11-9-18-5-3-4-6-19(18)15-26/h3-8,13H,2,9-12,14-16H2,1H3,(H2,23,24,25). The molecule has 0 atom stereocenters. The second-order valence-corrected chi connectivity index (χ2v) is 7.10. The average Bonchev–Trinajstić information content (AvgIpc) is 3.20. The number of hydrogen-bond donors (Lipinski definition) is 2. The Morgan fingerprint density at radius 3 is 2.82 bits per heavy atom. The van der Waals surface area contributed by atoms with Gasteiger partial charge in [0, 0.05) is 32.7 Å². The van der Waals surface area contributed by atoms with Gasteiger partial charge in [-0.3, -0.25) is 4.90 Å². The molecule has 0 bridgehead atoms. The van der Waals surface area contributed by atoms with Crippen molar-refractivity contribution in [2.75, 3.05) is 33.0 Å². The summed E-state index contributed by atoms with van der Waals surface area (Å²) in [5, 5.41) is 6.78. The minimum absolute atomic E-state index is 0.299. The molecule has 6 heteroatoms. The van der Waals surface area contributed by atoms with Gasteiger partial charge in [-0.15, -0.1) is 0 Å². The lowest BCUT2D eigenvalue weighted by Crippen LogP contribution is -2.42. The Kier molecular flexibility index (Phi) is 5.97. The molecule has 0 saturated heterocycles. The fourth-order valence-corrected chi connectivity index (χ4v) is 3.63. The van der Waals surface area contributed by atoms with Crippen LogP contribution in [0.4, 0.5) is 0 Å². The molecule has 0 unspecified atom stereocenters. The lowest BCUT2D eigenvalue weighted by Gasteiger charge is -2.28. The molecule has 0 amide bonds. The topological polar surface area (TPSA) is 58.1 Å². The first-order valence-electron chi connectivity index (χ1n) is 10.0. The van der Waals surface area contributed by atoms with Crippen molar-refractivity contribution in [3.8, 4) is 11.5 Å². The van der Waals surface area contributed by atoms with Gasteiger partial charge in [0.15, 0.2) is 17.5 Å². The van der Waals surface area contributed by atoms with Crippen LogP contribution in [0, 0.1) is 0 Å². The summed E-state index contributed by atoms with van der Waals surface area (Å²) in [5.74, 6) is 2.45. The van der Waals surface area contributed by atoms with E-state index in [4.69, 9.17) is 14.5 Å². The third-order valence-electron chi connectivity index (χ3n) is 5.13. The van der Waals surface area contributed by atoms with Crippen LogP contribution in [0.1, 0.15) is 23.6 Å². The number of benzene rings is 2. The Hall–Kier alpha value is -2.73. The molecular weight excluding hydrogens is 352 g/mol. The zero-order valence-electron chi connectivity index (χ0n) is 16.4. The Labute approximate surface area is 166 Å². The van der Waals surface area contributed by atoms with Gasteiger partial charge in [0.2, 0.25) is 6.79 Å². The number of hydrogen-bond acceptors (Lipinski definition) is 4. The summed E-state index contributed by atoms with van der Waals surface area (Å²) in [4.78, 5) is 7.20. The minimum atomic E-state index is 0.299. The first-order valence-corrected chi connectivity index (χ1v) is 10.0. The molecule has 148 valence electrons. The first-order chi connectivity index (χ1) is 13.8. The highest BCUT2D eigenvalue weighted by atomic mass is 16.7. The maximum absolute atomic E-state index is 5.44. The van der Waals surface area contributed by atoms with Gasteiger partial charge < -0.3 is 20.1 Å². The number of guanidine groups is 1. The van der Waals surface area contributed by atoms with Crippen LogP contribution in [0.2, 0.25) is 0 Å². The van der Waals surface area contributed by atoms with Gasteiger partial charge in [0.25, 0.3) is 0 Å². The number of nitrogens with zero attached hydrogens (tertiary/aromatic N) is 2. The smallest absolute Gasteiger partial charge is 0.231 e. The summed E-state index contributed by atoms with van der Waals surface area (Å²) in [7, 11) is 0. The van der Waals surface area contributed by atoms with Crippen LogP contribution in [0.25, 0.3) is 0 Å². The summed E-state index contributed by atoms with van der Waals surface area (Å²) in [5.41, 5.74) is 4.05. The van der Waals surface area contributed by atoms with Crippen molar-refractivity contribution in [2.24, 2.45) is 4.99 Å². The second kappa shape index (κ2) is 8.97. The molecule has 0 saturated carbocycles. The molecule has 4 rings (SSSR count). The zero-order chi connectivity index (χ0) is 19.2. The molecule has 2 aromatic carbocycles. The average molecular weight is 380 g/mol. The summed E-state index contributed by atoms with van der Waals surface area (Å²) >= 11 is 0. The molecule has 2 aliphatic rings. The number of rotatable bonds is 6. The largest absolute Gasteiger partial charge is 0.454 e. The van der Waals surface area contributed by atoms with Crippen molar-refractivity contribution in [3.05, 3.63) is 59.2 Å². The van der Waals surface area contributed by atoms with E-state index in [2.05, 4.69) is 46.7 Å². The molecule has 0 spiro atoms. The van der Waals surface area contributed by atoms with E-state index >= 15 is 0 Å². The molecule has 2 aromatic rings. The van der Waals surface area contributed by atoms with E-state index < -0.39 is 0 Å². The lowest BCUT2D eigenvalue weighted by molar-refractivity contribution is 0.174. The summed E-state index contributed by atoms with van der Waals surface area (Å²) in [6.07, 6.45) is 1.13. The monoisotopic (exact) mass is 380 g/mol. The van der Waals surface area contributed by atoms with E-state index in [9.17, 15) is 0 Å². The fraction of sp³-hybridized carbons (Fsp3) is 0.409. The molecule has 2 N–H and O–H groups in total. The van der Waals surface area contributed by atoms with E-state index in [1.54, 1.807) is 0 Å². The van der Waals surface area contributed by atoms with E-state index in [1.807, 2.05) is 18.2 Å². The van der Waals surface area contributed by atoms with Crippen LogP contribution in [0.3, 0.4) is 0 Å². The first kappa shape index (κ1) is 18.6. The van der Waals surface area contributed by atoms with Crippen LogP contribution < -0.4 is 20.1 Å². The van der Waals surface area contributed by atoms with E-state index in [0.29, 0.717) is 13.3 Å². The Balaban J connectivity index is 1.28. The zero-order valence-corrected chi connectivity index (χ0v) is 16.4. The third kappa shape index (κ3) is 4.57. The van der Waals surface area contributed by atoms with Crippen molar-refractivity contribution in [3.63, 3.8) is 0 Å². The normalized spacial score (nSPS) is 16.0. The highest BCUT2D eigenvalue weighted by Gasteiger charge is 2.15. The summed E-state index contributed by atoms with van der Waals surface area (Å²) in [6, 6.07) is 14.7. The maximum atomic E-state index is 5.44. The van der Waals surface area contributed by atoms with Gasteiger partial charge >= 0.3 is 0 Å². The molecule has 0 aliphatic carbocycles. The predicted octanol–water partition coefficient (Wildman–Crippen LogP) is 2.53. The van der Waals surface area contributed by atoms with Gasteiger partial charge in [-0.1, -0.05) is 30.3 Å². The van der Waals surface area contributed by atoms with Crippen LogP contribution in [0.5, 0.6) is 11.5 Å². The highest BCUT2D eigenvalue weighted by molar-refractivity contribution is 5.79. The second-order valence-electron chi connectivity index (χ2n) is 7.10. The molecule has 28 heavy (non-hydrogen) atoms. The van der Waals surface area contributed by atoms with Crippen molar-refractivity contribution in [2.45, 2.75) is 26.4 Å². The van der Waals surface area contributed by atoms with E-state index in [1.165, 1.54) is 11.1 Å².